The van der Waals surface area contributed by atoms with E-state index in [4.69, 9.17) is 11.6 Å². The average molecular weight is 307 g/mol. The fourth-order valence-corrected chi connectivity index (χ4v) is 2.65. The van der Waals surface area contributed by atoms with Gasteiger partial charge in [-0.05, 0) is 24.6 Å². The molecule has 1 aromatic heterocycles. The first-order chi connectivity index (χ1) is 10.1. The second kappa shape index (κ2) is 5.85. The van der Waals surface area contributed by atoms with Gasteiger partial charge in [0.2, 0.25) is 5.91 Å². The zero-order valence-electron chi connectivity index (χ0n) is 11.2. The smallest absolute Gasteiger partial charge is 0.241 e. The number of aromatic nitrogens is 2. The number of aliphatic hydroxyl groups is 1. The fraction of sp³-hybridized carbons (Fsp3) is 0.286. The zero-order chi connectivity index (χ0) is 14.8. The zero-order valence-corrected chi connectivity index (χ0v) is 11.9. The Morgan fingerprint density at radius 2 is 2.33 bits per heavy atom. The maximum atomic E-state index is 12.2. The predicted molar refractivity (Wildman–Crippen MR) is 79.6 cm³/mol. The van der Waals surface area contributed by atoms with E-state index < -0.39 is 12.1 Å². The first-order valence-corrected chi connectivity index (χ1v) is 7.04. The summed E-state index contributed by atoms with van der Waals surface area (Å²) in [5, 5.41) is 20.0. The predicted octanol–water partition coefficient (Wildman–Crippen LogP) is 1.19. The molecule has 7 heteroatoms. The van der Waals surface area contributed by atoms with Crippen LogP contribution in [0, 0.1) is 0 Å². The number of carbonyl (C=O) groups is 1. The van der Waals surface area contributed by atoms with Crippen LogP contribution in [0.4, 0.5) is 5.69 Å². The molecule has 1 amide bonds. The van der Waals surface area contributed by atoms with Gasteiger partial charge in [-0.15, -0.1) is 0 Å². The van der Waals surface area contributed by atoms with Crippen molar-refractivity contribution in [2.24, 2.45) is 0 Å². The number of nitrogens with one attached hydrogen (secondary N) is 2. The lowest BCUT2D eigenvalue weighted by Gasteiger charge is -2.15. The minimum Gasteiger partial charge on any atom is -0.392 e. The number of β-amino-alcohol motifs (C(OH)–C–C–N with tert-alkyl or cyclic N) is 1. The van der Waals surface area contributed by atoms with E-state index in [0.717, 1.165) is 0 Å². The molecule has 0 radical (unpaired) electrons. The number of anilines is 1. The monoisotopic (exact) mass is 306 g/mol. The molecule has 0 bridgehead atoms. The number of hydrogen-bond acceptors (Lipinski definition) is 4. The lowest BCUT2D eigenvalue weighted by Crippen LogP contribution is -2.35. The van der Waals surface area contributed by atoms with Crippen molar-refractivity contribution < 1.29 is 9.90 Å². The summed E-state index contributed by atoms with van der Waals surface area (Å²) in [6.45, 7) is 0.430. The Balaban J connectivity index is 1.86. The number of benzene rings is 1. The minimum absolute atomic E-state index is 0.192. The molecule has 1 saturated heterocycles. The van der Waals surface area contributed by atoms with Gasteiger partial charge >= 0.3 is 0 Å². The molecule has 3 rings (SSSR count). The van der Waals surface area contributed by atoms with Gasteiger partial charge in [0.05, 0.1) is 22.9 Å². The van der Waals surface area contributed by atoms with Crippen LogP contribution in [0.2, 0.25) is 5.02 Å². The fourth-order valence-electron chi connectivity index (χ4n) is 2.39. The van der Waals surface area contributed by atoms with Crippen LogP contribution in [0.3, 0.4) is 0 Å². The maximum absolute atomic E-state index is 12.2. The summed E-state index contributed by atoms with van der Waals surface area (Å²) < 4.78 is 1.61. The third kappa shape index (κ3) is 2.92. The Bertz CT molecular complexity index is 644. The summed E-state index contributed by atoms with van der Waals surface area (Å²) in [6, 6.07) is 6.66. The lowest BCUT2D eigenvalue weighted by atomic mass is 10.2. The number of para-hydroxylation sites is 1. The molecule has 21 heavy (non-hydrogen) atoms. The standard InChI is InChI=1S/C14H15ClN4O2/c15-10-3-1-4-11(13(10)19-6-2-5-17-19)18-14(21)12-7-9(20)8-16-12/h1-6,9,12,16,20H,7-8H2,(H,18,21). The molecular weight excluding hydrogens is 292 g/mol. The Kier molecular flexibility index (Phi) is 3.92. The van der Waals surface area contributed by atoms with Crippen molar-refractivity contribution in [2.75, 3.05) is 11.9 Å². The molecule has 1 aliphatic rings. The van der Waals surface area contributed by atoms with Crippen LogP contribution in [0.5, 0.6) is 0 Å². The first kappa shape index (κ1) is 14.1. The number of nitrogens with zero attached hydrogens (tertiary/aromatic N) is 2. The Morgan fingerprint density at radius 1 is 1.48 bits per heavy atom. The highest BCUT2D eigenvalue weighted by Crippen LogP contribution is 2.28. The molecule has 3 N–H and O–H groups in total. The Morgan fingerprint density at radius 3 is 3.00 bits per heavy atom. The molecule has 0 aliphatic carbocycles. The molecule has 2 aromatic rings. The van der Waals surface area contributed by atoms with Gasteiger partial charge in [-0.25, -0.2) is 4.68 Å². The van der Waals surface area contributed by atoms with Crippen LogP contribution in [-0.4, -0.2) is 39.5 Å². The van der Waals surface area contributed by atoms with Crippen molar-refractivity contribution in [3.8, 4) is 5.69 Å². The van der Waals surface area contributed by atoms with Crippen molar-refractivity contribution in [1.82, 2.24) is 15.1 Å². The van der Waals surface area contributed by atoms with Gasteiger partial charge < -0.3 is 15.7 Å². The molecule has 110 valence electrons. The first-order valence-electron chi connectivity index (χ1n) is 6.66. The number of amides is 1. The second-order valence-corrected chi connectivity index (χ2v) is 5.33. The molecular formula is C14H15ClN4O2. The minimum atomic E-state index is -0.481. The molecule has 0 spiro atoms. The van der Waals surface area contributed by atoms with Crippen LogP contribution >= 0.6 is 11.6 Å². The SMILES string of the molecule is O=C(Nc1cccc(Cl)c1-n1cccn1)C1CC(O)CN1. The number of carbonyl (C=O) groups excluding carboxylic acids is 1. The van der Waals surface area contributed by atoms with Gasteiger partial charge in [-0.1, -0.05) is 17.7 Å². The van der Waals surface area contributed by atoms with E-state index in [1.807, 2.05) is 0 Å². The summed E-state index contributed by atoms with van der Waals surface area (Å²) in [6.07, 6.45) is 3.33. The third-order valence-corrected chi connectivity index (χ3v) is 3.71. The van der Waals surface area contributed by atoms with Gasteiger partial charge in [0.15, 0.2) is 0 Å². The molecule has 1 fully saturated rings. The van der Waals surface area contributed by atoms with Gasteiger partial charge in [0, 0.05) is 18.9 Å². The van der Waals surface area contributed by atoms with Gasteiger partial charge in [0.1, 0.15) is 5.69 Å². The van der Waals surface area contributed by atoms with E-state index in [9.17, 15) is 9.90 Å². The number of aliphatic hydroxyl groups excluding tert-OH is 1. The van der Waals surface area contributed by atoms with Crippen molar-refractivity contribution in [1.29, 1.82) is 0 Å². The van der Waals surface area contributed by atoms with E-state index in [1.54, 1.807) is 41.3 Å². The van der Waals surface area contributed by atoms with E-state index in [0.29, 0.717) is 29.4 Å². The Hall–Kier alpha value is -1.89. The van der Waals surface area contributed by atoms with E-state index in [1.165, 1.54) is 0 Å². The number of halogens is 1. The molecule has 2 atom stereocenters. The van der Waals surface area contributed by atoms with E-state index >= 15 is 0 Å². The summed E-state index contributed by atoms with van der Waals surface area (Å²) >= 11 is 6.22. The molecule has 0 saturated carbocycles. The van der Waals surface area contributed by atoms with Gasteiger partial charge in [0.25, 0.3) is 0 Å². The summed E-state index contributed by atoms with van der Waals surface area (Å²) in [7, 11) is 0. The van der Waals surface area contributed by atoms with Gasteiger partial charge in [-0.3, -0.25) is 4.79 Å². The molecule has 1 aliphatic heterocycles. The largest absolute Gasteiger partial charge is 0.392 e. The summed E-state index contributed by atoms with van der Waals surface area (Å²) in [5.74, 6) is -0.192. The molecule has 2 heterocycles. The maximum Gasteiger partial charge on any atom is 0.241 e. The van der Waals surface area contributed by atoms with Crippen molar-refractivity contribution in [3.63, 3.8) is 0 Å². The highest BCUT2D eigenvalue weighted by Gasteiger charge is 2.28. The van der Waals surface area contributed by atoms with Crippen LogP contribution in [0.15, 0.2) is 36.7 Å². The van der Waals surface area contributed by atoms with E-state index in [-0.39, 0.29) is 5.91 Å². The molecule has 1 aromatic carbocycles. The topological polar surface area (TPSA) is 79.2 Å². The van der Waals surface area contributed by atoms with Crippen molar-refractivity contribution in [2.45, 2.75) is 18.6 Å². The molecule has 2 unspecified atom stereocenters. The highest BCUT2D eigenvalue weighted by atomic mass is 35.5. The molecule has 6 nitrogen and oxygen atoms in total. The third-order valence-electron chi connectivity index (χ3n) is 3.40. The summed E-state index contributed by atoms with van der Waals surface area (Å²) in [4.78, 5) is 12.2. The van der Waals surface area contributed by atoms with Crippen LogP contribution < -0.4 is 10.6 Å². The lowest BCUT2D eigenvalue weighted by molar-refractivity contribution is -0.117. The van der Waals surface area contributed by atoms with Crippen LogP contribution in [0.25, 0.3) is 5.69 Å². The van der Waals surface area contributed by atoms with E-state index in [2.05, 4.69) is 15.7 Å². The van der Waals surface area contributed by atoms with Crippen LogP contribution in [-0.2, 0) is 4.79 Å². The van der Waals surface area contributed by atoms with Crippen molar-refractivity contribution >= 4 is 23.2 Å². The number of rotatable bonds is 3. The highest BCUT2D eigenvalue weighted by molar-refractivity contribution is 6.33. The normalized spacial score (nSPS) is 21.4. The van der Waals surface area contributed by atoms with Crippen molar-refractivity contribution in [3.05, 3.63) is 41.7 Å². The quantitative estimate of drug-likeness (QED) is 0.796. The second-order valence-electron chi connectivity index (χ2n) is 4.93. The Labute approximate surface area is 126 Å². The summed E-state index contributed by atoms with van der Waals surface area (Å²) in [5.41, 5.74) is 1.20. The van der Waals surface area contributed by atoms with Gasteiger partial charge in [-0.2, -0.15) is 5.10 Å². The number of hydrogen-bond donors (Lipinski definition) is 3. The van der Waals surface area contributed by atoms with Crippen LogP contribution in [0.1, 0.15) is 6.42 Å². The average Bonchev–Trinajstić information content (AvgIpc) is 3.10.